The maximum Gasteiger partial charge on any atom is 0.242 e. The molecule has 0 aliphatic carbocycles. The number of hydrogen-bond donors (Lipinski definition) is 1. The first-order valence-corrected chi connectivity index (χ1v) is 8.32. The summed E-state index contributed by atoms with van der Waals surface area (Å²) in [6.45, 7) is 0. The lowest BCUT2D eigenvalue weighted by Gasteiger charge is -2.13. The number of hydrogen-bond acceptors (Lipinski definition) is 4. The van der Waals surface area contributed by atoms with Crippen LogP contribution in [0.25, 0.3) is 0 Å². The Labute approximate surface area is 127 Å². The highest BCUT2D eigenvalue weighted by Gasteiger charge is 2.18. The molecule has 112 valence electrons. The third-order valence-electron chi connectivity index (χ3n) is 2.80. The van der Waals surface area contributed by atoms with E-state index in [0.717, 1.165) is 14.1 Å². The Kier molecular flexibility index (Phi) is 4.55. The Balaban J connectivity index is 2.30. The fourth-order valence-corrected chi connectivity index (χ4v) is 3.40. The van der Waals surface area contributed by atoms with Gasteiger partial charge in [-0.15, -0.1) is 0 Å². The van der Waals surface area contributed by atoms with E-state index >= 15 is 0 Å². The van der Waals surface area contributed by atoms with Crippen LogP contribution in [0.1, 0.15) is 0 Å². The molecule has 2 rings (SSSR count). The van der Waals surface area contributed by atoms with Gasteiger partial charge in [0.2, 0.25) is 10.0 Å². The quantitative estimate of drug-likeness (QED) is 0.878. The van der Waals surface area contributed by atoms with Crippen LogP contribution in [0.15, 0.2) is 57.2 Å². The van der Waals surface area contributed by atoms with Gasteiger partial charge < -0.3 is 5.73 Å². The number of nitrogens with zero attached hydrogens (tertiary/aromatic N) is 1. The van der Waals surface area contributed by atoms with E-state index in [-0.39, 0.29) is 10.7 Å². The summed E-state index contributed by atoms with van der Waals surface area (Å²) in [6.07, 6.45) is 0. The minimum absolute atomic E-state index is 0.147. The number of sulfonamides is 1. The minimum atomic E-state index is -3.50. The second-order valence-electron chi connectivity index (χ2n) is 4.54. The Hall–Kier alpha value is -1.57. The molecule has 2 aromatic carbocycles. The van der Waals surface area contributed by atoms with E-state index in [1.54, 1.807) is 18.2 Å². The van der Waals surface area contributed by atoms with Gasteiger partial charge in [0, 0.05) is 29.6 Å². The van der Waals surface area contributed by atoms with E-state index in [1.165, 1.54) is 50.1 Å². The molecule has 0 aliphatic heterocycles. The first kappa shape index (κ1) is 15.8. The van der Waals surface area contributed by atoms with Gasteiger partial charge in [0.25, 0.3) is 0 Å². The summed E-state index contributed by atoms with van der Waals surface area (Å²) in [5.74, 6) is -0.306. The van der Waals surface area contributed by atoms with Gasteiger partial charge in [-0.25, -0.2) is 17.1 Å². The largest absolute Gasteiger partial charge is 0.398 e. The molecule has 2 N–H and O–H groups in total. The predicted octanol–water partition coefficient (Wildman–Crippen LogP) is 2.81. The molecule has 0 atom stereocenters. The third kappa shape index (κ3) is 3.55. The molecule has 2 aromatic rings. The van der Waals surface area contributed by atoms with Crippen molar-refractivity contribution in [1.82, 2.24) is 4.31 Å². The van der Waals surface area contributed by atoms with Crippen molar-refractivity contribution in [3.05, 3.63) is 48.3 Å². The lowest BCUT2D eigenvalue weighted by molar-refractivity contribution is 0.520. The standard InChI is InChI=1S/C14H15FN2O2S2/c1-17(2)21(18,19)12-7-8-14(13(16)9-12)20-11-5-3-10(15)4-6-11/h3-9H,16H2,1-2H3. The summed E-state index contributed by atoms with van der Waals surface area (Å²) >= 11 is 1.35. The van der Waals surface area contributed by atoms with E-state index in [0.29, 0.717) is 5.69 Å². The van der Waals surface area contributed by atoms with Gasteiger partial charge in [-0.1, -0.05) is 11.8 Å². The molecule has 0 saturated heterocycles. The second kappa shape index (κ2) is 6.05. The van der Waals surface area contributed by atoms with E-state index in [4.69, 9.17) is 5.73 Å². The van der Waals surface area contributed by atoms with Crippen LogP contribution in [0.5, 0.6) is 0 Å². The number of benzene rings is 2. The predicted molar refractivity (Wildman–Crippen MR) is 82.3 cm³/mol. The Morgan fingerprint density at radius 1 is 1.10 bits per heavy atom. The zero-order chi connectivity index (χ0) is 15.6. The number of halogens is 1. The average Bonchev–Trinajstić information content (AvgIpc) is 2.43. The van der Waals surface area contributed by atoms with Crippen molar-refractivity contribution in [3.8, 4) is 0 Å². The summed E-state index contributed by atoms with van der Waals surface area (Å²) in [6, 6.07) is 10.6. The zero-order valence-electron chi connectivity index (χ0n) is 11.6. The van der Waals surface area contributed by atoms with Crippen molar-refractivity contribution in [2.45, 2.75) is 14.7 Å². The van der Waals surface area contributed by atoms with Crippen LogP contribution in [-0.4, -0.2) is 26.8 Å². The first-order valence-electron chi connectivity index (χ1n) is 6.06. The van der Waals surface area contributed by atoms with Crippen LogP contribution < -0.4 is 5.73 Å². The lowest BCUT2D eigenvalue weighted by Crippen LogP contribution is -2.22. The summed E-state index contributed by atoms with van der Waals surface area (Å²) in [7, 11) is -0.570. The van der Waals surface area contributed by atoms with Crippen LogP contribution in [0.2, 0.25) is 0 Å². The van der Waals surface area contributed by atoms with Gasteiger partial charge >= 0.3 is 0 Å². The first-order chi connectivity index (χ1) is 9.80. The van der Waals surface area contributed by atoms with Crippen molar-refractivity contribution in [2.24, 2.45) is 0 Å². The second-order valence-corrected chi connectivity index (χ2v) is 7.81. The number of nitrogens with two attached hydrogens (primary N) is 1. The SMILES string of the molecule is CN(C)S(=O)(=O)c1ccc(Sc2ccc(F)cc2)c(N)c1. The maximum absolute atomic E-state index is 12.9. The molecule has 7 heteroatoms. The van der Waals surface area contributed by atoms with Gasteiger partial charge in [-0.05, 0) is 42.5 Å². The molecule has 4 nitrogen and oxygen atoms in total. The molecule has 0 bridgehead atoms. The zero-order valence-corrected chi connectivity index (χ0v) is 13.2. The van der Waals surface area contributed by atoms with Crippen LogP contribution in [0.3, 0.4) is 0 Å². The summed E-state index contributed by atoms with van der Waals surface area (Å²) in [4.78, 5) is 1.69. The fraction of sp³-hybridized carbons (Fsp3) is 0.143. The normalized spacial score (nSPS) is 11.8. The minimum Gasteiger partial charge on any atom is -0.398 e. The van der Waals surface area contributed by atoms with Crippen LogP contribution in [0, 0.1) is 5.82 Å². The number of rotatable bonds is 4. The number of nitrogen functional groups attached to an aromatic ring is 1. The topological polar surface area (TPSA) is 63.4 Å². The fourth-order valence-electron chi connectivity index (χ4n) is 1.62. The van der Waals surface area contributed by atoms with E-state index in [9.17, 15) is 12.8 Å². The molecule has 0 radical (unpaired) electrons. The highest BCUT2D eigenvalue weighted by molar-refractivity contribution is 7.99. The van der Waals surface area contributed by atoms with E-state index < -0.39 is 10.0 Å². The lowest BCUT2D eigenvalue weighted by atomic mass is 10.3. The molecule has 0 heterocycles. The summed E-state index contributed by atoms with van der Waals surface area (Å²) in [5, 5.41) is 0. The van der Waals surface area contributed by atoms with Gasteiger partial charge in [-0.3, -0.25) is 0 Å². The molecule has 0 spiro atoms. The van der Waals surface area contributed by atoms with Crippen molar-refractivity contribution >= 4 is 27.5 Å². The molecule has 0 saturated carbocycles. The monoisotopic (exact) mass is 326 g/mol. The Morgan fingerprint density at radius 2 is 1.71 bits per heavy atom. The van der Waals surface area contributed by atoms with Crippen LogP contribution in [0.4, 0.5) is 10.1 Å². The summed E-state index contributed by atoms with van der Waals surface area (Å²) in [5.41, 5.74) is 6.29. The molecule has 0 aromatic heterocycles. The Morgan fingerprint density at radius 3 is 2.24 bits per heavy atom. The molecule has 0 aliphatic rings. The highest BCUT2D eigenvalue weighted by Crippen LogP contribution is 2.33. The summed E-state index contributed by atoms with van der Waals surface area (Å²) < 4.78 is 38.0. The van der Waals surface area contributed by atoms with Crippen LogP contribution in [-0.2, 0) is 10.0 Å². The van der Waals surface area contributed by atoms with Crippen LogP contribution >= 0.6 is 11.8 Å². The van der Waals surface area contributed by atoms with Crippen molar-refractivity contribution < 1.29 is 12.8 Å². The van der Waals surface area contributed by atoms with E-state index in [2.05, 4.69) is 0 Å². The average molecular weight is 326 g/mol. The third-order valence-corrected chi connectivity index (χ3v) is 5.71. The van der Waals surface area contributed by atoms with Crippen molar-refractivity contribution in [2.75, 3.05) is 19.8 Å². The van der Waals surface area contributed by atoms with Gasteiger partial charge in [0.1, 0.15) is 5.82 Å². The van der Waals surface area contributed by atoms with Crippen molar-refractivity contribution in [3.63, 3.8) is 0 Å². The molecule has 0 unspecified atom stereocenters. The molecule has 0 fully saturated rings. The molecule has 0 amide bonds. The smallest absolute Gasteiger partial charge is 0.242 e. The maximum atomic E-state index is 12.9. The van der Waals surface area contributed by atoms with Gasteiger partial charge in [-0.2, -0.15) is 0 Å². The van der Waals surface area contributed by atoms with E-state index in [1.807, 2.05) is 0 Å². The number of anilines is 1. The van der Waals surface area contributed by atoms with Gasteiger partial charge in [0.15, 0.2) is 0 Å². The van der Waals surface area contributed by atoms with Crippen molar-refractivity contribution in [1.29, 1.82) is 0 Å². The molecule has 21 heavy (non-hydrogen) atoms. The van der Waals surface area contributed by atoms with Gasteiger partial charge in [0.05, 0.1) is 4.90 Å². The molecular formula is C14H15FN2O2S2. The highest BCUT2D eigenvalue weighted by atomic mass is 32.2. The molecular weight excluding hydrogens is 311 g/mol. The Bertz CT molecular complexity index is 744.